The van der Waals surface area contributed by atoms with E-state index in [0.717, 1.165) is 39.0 Å². The van der Waals surface area contributed by atoms with Crippen molar-refractivity contribution in [3.8, 4) is 5.75 Å². The normalized spacial score (nSPS) is 17.8. The summed E-state index contributed by atoms with van der Waals surface area (Å²) in [5, 5.41) is 5.94. The van der Waals surface area contributed by atoms with Gasteiger partial charge in [-0.2, -0.15) is 0 Å². The van der Waals surface area contributed by atoms with Gasteiger partial charge in [0.1, 0.15) is 5.75 Å². The van der Waals surface area contributed by atoms with Gasteiger partial charge in [-0.1, -0.05) is 26.0 Å². The number of carbonyl (C=O) groups is 2. The lowest BCUT2D eigenvalue weighted by Crippen LogP contribution is -2.42. The number of rotatable bonds is 8. The van der Waals surface area contributed by atoms with Crippen LogP contribution in [0.1, 0.15) is 33.1 Å². The number of nitrogens with zero attached hydrogens (tertiary/aromatic N) is 1. The van der Waals surface area contributed by atoms with Crippen LogP contribution in [0.15, 0.2) is 24.3 Å². The molecule has 2 N–H and O–H groups in total. The Balaban J connectivity index is 1.74. The Morgan fingerprint density at radius 1 is 1.31 bits per heavy atom. The van der Waals surface area contributed by atoms with Crippen molar-refractivity contribution in [2.24, 2.45) is 11.8 Å². The van der Waals surface area contributed by atoms with Crippen molar-refractivity contribution in [3.05, 3.63) is 24.3 Å². The number of nitrogens with one attached hydrogen (secondary N) is 2. The molecule has 2 amide bonds. The second-order valence-corrected chi connectivity index (χ2v) is 7.21. The maximum Gasteiger partial charge on any atom is 0.225 e. The number of amides is 2. The molecule has 26 heavy (non-hydrogen) atoms. The number of carbonyl (C=O) groups excluding carboxylic acids is 2. The van der Waals surface area contributed by atoms with E-state index in [1.54, 1.807) is 7.11 Å². The van der Waals surface area contributed by atoms with E-state index < -0.39 is 0 Å². The summed E-state index contributed by atoms with van der Waals surface area (Å²) >= 11 is 0. The third-order valence-corrected chi connectivity index (χ3v) is 4.73. The Labute approximate surface area is 156 Å². The number of ether oxygens (including phenoxy) is 1. The van der Waals surface area contributed by atoms with E-state index in [-0.39, 0.29) is 17.7 Å². The molecule has 6 nitrogen and oxygen atoms in total. The molecule has 6 heteroatoms. The largest absolute Gasteiger partial charge is 0.495 e. The molecular formula is C20H31N3O3. The first-order valence-electron chi connectivity index (χ1n) is 9.42. The van der Waals surface area contributed by atoms with Gasteiger partial charge in [-0.3, -0.25) is 9.59 Å². The molecule has 0 aromatic heterocycles. The number of likely N-dealkylation sites (tertiary alicyclic amines) is 1. The predicted molar refractivity (Wildman–Crippen MR) is 103 cm³/mol. The van der Waals surface area contributed by atoms with Crippen molar-refractivity contribution < 1.29 is 14.3 Å². The van der Waals surface area contributed by atoms with Crippen molar-refractivity contribution in [2.75, 3.05) is 38.6 Å². The Hall–Kier alpha value is -2.08. The smallest absolute Gasteiger partial charge is 0.225 e. The van der Waals surface area contributed by atoms with Crippen molar-refractivity contribution in [1.29, 1.82) is 0 Å². The molecule has 1 aromatic rings. The molecule has 1 atom stereocenters. The summed E-state index contributed by atoms with van der Waals surface area (Å²) in [4.78, 5) is 26.3. The zero-order chi connectivity index (χ0) is 18.9. The fourth-order valence-electron chi connectivity index (χ4n) is 3.19. The quantitative estimate of drug-likeness (QED) is 0.746. The Morgan fingerprint density at radius 3 is 2.81 bits per heavy atom. The molecule has 0 radical (unpaired) electrons. The number of hydrogen-bond donors (Lipinski definition) is 2. The van der Waals surface area contributed by atoms with Gasteiger partial charge < -0.3 is 20.3 Å². The lowest BCUT2D eigenvalue weighted by atomic mass is 9.97. The van der Waals surface area contributed by atoms with Crippen molar-refractivity contribution in [2.45, 2.75) is 33.1 Å². The first-order valence-corrected chi connectivity index (χ1v) is 9.42. The maximum atomic E-state index is 12.2. The average molecular weight is 361 g/mol. The highest BCUT2D eigenvalue weighted by atomic mass is 16.5. The van der Waals surface area contributed by atoms with Crippen LogP contribution >= 0.6 is 0 Å². The van der Waals surface area contributed by atoms with Crippen molar-refractivity contribution in [3.63, 3.8) is 0 Å². The molecule has 144 valence electrons. The van der Waals surface area contributed by atoms with E-state index in [1.165, 1.54) is 0 Å². The van der Waals surface area contributed by atoms with Crippen LogP contribution in [0.2, 0.25) is 0 Å². The summed E-state index contributed by atoms with van der Waals surface area (Å²) in [5.41, 5.74) is 0.702. The minimum atomic E-state index is -0.00951. The van der Waals surface area contributed by atoms with Crippen molar-refractivity contribution in [1.82, 2.24) is 10.2 Å². The summed E-state index contributed by atoms with van der Waals surface area (Å²) in [6.07, 6.45) is 2.68. The molecule has 1 aliphatic rings. The van der Waals surface area contributed by atoms with E-state index in [9.17, 15) is 9.59 Å². The van der Waals surface area contributed by atoms with Gasteiger partial charge in [-0.15, -0.1) is 0 Å². The Kier molecular flexibility index (Phi) is 7.91. The summed E-state index contributed by atoms with van der Waals surface area (Å²) in [7, 11) is 1.59. The molecule has 0 saturated carbocycles. The molecule has 1 fully saturated rings. The van der Waals surface area contributed by atoms with Gasteiger partial charge in [0, 0.05) is 32.0 Å². The topological polar surface area (TPSA) is 70.7 Å². The van der Waals surface area contributed by atoms with Gasteiger partial charge in [-0.25, -0.2) is 0 Å². The van der Waals surface area contributed by atoms with Gasteiger partial charge >= 0.3 is 0 Å². The van der Waals surface area contributed by atoms with Crippen LogP contribution in [-0.2, 0) is 9.59 Å². The maximum absolute atomic E-state index is 12.2. The van der Waals surface area contributed by atoms with Crippen LogP contribution in [-0.4, -0.2) is 50.0 Å². The van der Waals surface area contributed by atoms with Gasteiger partial charge in [0.25, 0.3) is 0 Å². The molecule has 1 aromatic carbocycles. The van der Waals surface area contributed by atoms with Crippen LogP contribution in [0.3, 0.4) is 0 Å². The van der Waals surface area contributed by atoms with Gasteiger partial charge in [0.15, 0.2) is 0 Å². The fraction of sp³-hybridized carbons (Fsp3) is 0.600. The lowest BCUT2D eigenvalue weighted by Gasteiger charge is -2.32. The predicted octanol–water partition coefficient (Wildman–Crippen LogP) is 2.51. The van der Waals surface area contributed by atoms with Gasteiger partial charge in [0.05, 0.1) is 12.8 Å². The monoisotopic (exact) mass is 361 g/mol. The molecule has 0 bridgehead atoms. The van der Waals surface area contributed by atoms with Crippen LogP contribution in [0.25, 0.3) is 0 Å². The molecule has 2 rings (SSSR count). The van der Waals surface area contributed by atoms with Crippen LogP contribution < -0.4 is 15.4 Å². The molecule has 1 saturated heterocycles. The van der Waals surface area contributed by atoms with Crippen molar-refractivity contribution >= 4 is 17.5 Å². The highest BCUT2D eigenvalue weighted by Gasteiger charge is 2.21. The minimum absolute atomic E-state index is 0.00951. The van der Waals surface area contributed by atoms with Crippen LogP contribution in [0, 0.1) is 11.8 Å². The van der Waals surface area contributed by atoms with Gasteiger partial charge in [0.2, 0.25) is 11.8 Å². The highest BCUT2D eigenvalue weighted by Crippen LogP contribution is 2.23. The summed E-state index contributed by atoms with van der Waals surface area (Å²) in [6, 6.07) is 7.42. The van der Waals surface area contributed by atoms with E-state index in [1.807, 2.05) is 38.1 Å². The number of hydrogen-bond acceptors (Lipinski definition) is 4. The summed E-state index contributed by atoms with van der Waals surface area (Å²) in [6.45, 7) is 7.21. The third kappa shape index (κ3) is 6.33. The van der Waals surface area contributed by atoms with E-state index >= 15 is 0 Å². The Morgan fingerprint density at radius 2 is 2.08 bits per heavy atom. The summed E-state index contributed by atoms with van der Waals surface area (Å²) in [5.74, 6) is 1.25. The second kappa shape index (κ2) is 10.2. The third-order valence-electron chi connectivity index (χ3n) is 4.73. The number of anilines is 1. The zero-order valence-electron chi connectivity index (χ0n) is 16.1. The number of methoxy groups -OCH3 is 1. The number of benzene rings is 1. The van der Waals surface area contributed by atoms with E-state index in [2.05, 4.69) is 15.5 Å². The number of para-hydroxylation sites is 2. The molecule has 1 unspecified atom stereocenters. The van der Waals surface area contributed by atoms with Gasteiger partial charge in [-0.05, 0) is 37.4 Å². The zero-order valence-corrected chi connectivity index (χ0v) is 16.1. The summed E-state index contributed by atoms with van der Waals surface area (Å²) < 4.78 is 5.26. The lowest BCUT2D eigenvalue weighted by molar-refractivity contribution is -0.124. The Bertz CT molecular complexity index is 604. The second-order valence-electron chi connectivity index (χ2n) is 7.21. The fourth-order valence-corrected chi connectivity index (χ4v) is 3.19. The molecule has 1 heterocycles. The average Bonchev–Trinajstić information content (AvgIpc) is 2.65. The molecular weight excluding hydrogens is 330 g/mol. The number of piperidine rings is 1. The molecule has 1 aliphatic heterocycles. The molecule has 0 aliphatic carbocycles. The molecule has 0 spiro atoms. The van der Waals surface area contributed by atoms with E-state index in [0.29, 0.717) is 23.8 Å². The standard InChI is InChI=1S/C20H31N3O3/c1-15(2)20(25)21-13-16-7-6-11-23(14-16)12-10-19(24)22-17-8-4-5-9-18(17)26-3/h4-5,8-9,15-16H,6-7,10-14H2,1-3H3,(H,21,25)(H,22,24). The highest BCUT2D eigenvalue weighted by molar-refractivity contribution is 5.92. The minimum Gasteiger partial charge on any atom is -0.495 e. The SMILES string of the molecule is COc1ccccc1NC(=O)CCN1CCCC(CNC(=O)C(C)C)C1. The van der Waals surface area contributed by atoms with Crippen LogP contribution in [0.5, 0.6) is 5.75 Å². The first-order chi connectivity index (χ1) is 12.5. The van der Waals surface area contributed by atoms with Crippen LogP contribution in [0.4, 0.5) is 5.69 Å². The van der Waals surface area contributed by atoms with E-state index in [4.69, 9.17) is 4.74 Å². The first kappa shape index (κ1) is 20.2.